The minimum Gasteiger partial charge on any atom is -0.341 e. The van der Waals surface area contributed by atoms with Crippen molar-refractivity contribution in [3.63, 3.8) is 0 Å². The van der Waals surface area contributed by atoms with Crippen LogP contribution >= 0.6 is 0 Å². The van der Waals surface area contributed by atoms with Gasteiger partial charge in [-0.1, -0.05) is 18.2 Å². The number of allylic oxidation sites excluding steroid dienone is 1. The second-order valence-corrected chi connectivity index (χ2v) is 6.47. The number of hydrogen-bond donors (Lipinski definition) is 0. The Labute approximate surface area is 133 Å². The lowest BCUT2D eigenvalue weighted by Gasteiger charge is -2.21. The van der Waals surface area contributed by atoms with Crippen LogP contribution in [0.25, 0.3) is 0 Å². The fourth-order valence-electron chi connectivity index (χ4n) is 3.17. The molecule has 2 nitrogen and oxygen atoms in total. The van der Waals surface area contributed by atoms with Gasteiger partial charge in [0.2, 0.25) is 0 Å². The molecule has 2 aromatic rings. The van der Waals surface area contributed by atoms with Crippen molar-refractivity contribution in [1.29, 1.82) is 0 Å². The minimum atomic E-state index is 0.00493. The van der Waals surface area contributed by atoms with E-state index in [4.69, 9.17) is 0 Å². The molecule has 0 bridgehead atoms. The van der Waals surface area contributed by atoms with E-state index in [-0.39, 0.29) is 5.41 Å². The maximum atomic E-state index is 3.54. The van der Waals surface area contributed by atoms with Gasteiger partial charge in [0.15, 0.2) is 12.4 Å². The summed E-state index contributed by atoms with van der Waals surface area (Å²) in [4.78, 5) is 2.26. The van der Waals surface area contributed by atoms with Crippen molar-refractivity contribution >= 4 is 5.69 Å². The molecule has 2 heterocycles. The van der Waals surface area contributed by atoms with Crippen molar-refractivity contribution in [3.05, 3.63) is 77.4 Å². The Hall–Kier alpha value is -2.31. The van der Waals surface area contributed by atoms with Crippen molar-refractivity contribution in [3.8, 4) is 0 Å². The number of hydrogen-bond acceptors (Lipinski definition) is 1. The van der Waals surface area contributed by atoms with E-state index in [1.807, 2.05) is 7.05 Å². The van der Waals surface area contributed by atoms with E-state index < -0.39 is 0 Å². The summed E-state index contributed by atoms with van der Waals surface area (Å²) >= 11 is 0. The number of aryl methyl sites for hydroxylation is 1. The van der Waals surface area contributed by atoms with E-state index in [9.17, 15) is 0 Å². The summed E-state index contributed by atoms with van der Waals surface area (Å²) in [7, 11) is 4.17. The summed E-state index contributed by atoms with van der Waals surface area (Å²) in [5.41, 5.74) is 8.75. The lowest BCUT2D eigenvalue weighted by molar-refractivity contribution is -0.671. The topological polar surface area (TPSA) is 7.12 Å². The van der Waals surface area contributed by atoms with Crippen LogP contribution in [0.3, 0.4) is 0 Å². The summed E-state index contributed by atoms with van der Waals surface area (Å²) in [5.74, 6) is 0. The van der Waals surface area contributed by atoms with Crippen LogP contribution in [-0.2, 0) is 18.9 Å². The molecule has 3 rings (SSSR count). The summed E-state index contributed by atoms with van der Waals surface area (Å²) < 4.78 is 2.05. The third kappa shape index (κ3) is 2.47. The summed E-state index contributed by atoms with van der Waals surface area (Å²) in [6, 6.07) is 12.9. The zero-order valence-corrected chi connectivity index (χ0v) is 13.8. The molecule has 0 unspecified atom stereocenters. The molecule has 1 aromatic heterocycles. The lowest BCUT2D eigenvalue weighted by Crippen LogP contribution is -2.25. The predicted octanol–water partition coefficient (Wildman–Crippen LogP) is 3.52. The minimum absolute atomic E-state index is 0.00493. The molecule has 0 fully saturated rings. The van der Waals surface area contributed by atoms with Gasteiger partial charge in [-0.15, -0.1) is 5.73 Å². The second-order valence-electron chi connectivity index (χ2n) is 6.47. The largest absolute Gasteiger partial charge is 0.341 e. The number of para-hydroxylation sites is 1. The third-order valence-corrected chi connectivity index (χ3v) is 4.49. The number of anilines is 1. The van der Waals surface area contributed by atoms with Crippen molar-refractivity contribution in [1.82, 2.24) is 0 Å². The van der Waals surface area contributed by atoms with Crippen molar-refractivity contribution in [2.75, 3.05) is 11.9 Å². The molecule has 1 aliphatic heterocycles. The molecule has 0 N–H and O–H groups in total. The molecule has 0 amide bonds. The molecule has 112 valence electrons. The highest BCUT2D eigenvalue weighted by Gasteiger charge is 2.38. The Morgan fingerprint density at radius 3 is 2.50 bits per heavy atom. The Balaban J connectivity index is 1.91. The molecule has 2 heteroatoms. The van der Waals surface area contributed by atoms with E-state index in [1.54, 1.807) is 0 Å². The van der Waals surface area contributed by atoms with Gasteiger partial charge < -0.3 is 4.90 Å². The Morgan fingerprint density at radius 1 is 1.14 bits per heavy atom. The number of likely N-dealkylation sites (N-methyl/N-ethyl adjacent to an activating group) is 1. The molecular formula is C20H23N2+. The van der Waals surface area contributed by atoms with E-state index in [0.717, 1.165) is 6.42 Å². The van der Waals surface area contributed by atoms with Crippen molar-refractivity contribution in [2.45, 2.75) is 25.7 Å². The monoisotopic (exact) mass is 291 g/mol. The van der Waals surface area contributed by atoms with E-state index in [1.165, 1.54) is 22.5 Å². The van der Waals surface area contributed by atoms with Crippen molar-refractivity contribution < 1.29 is 4.57 Å². The molecule has 0 radical (unpaired) electrons. The second kappa shape index (κ2) is 5.47. The van der Waals surface area contributed by atoms with Crippen LogP contribution in [0.2, 0.25) is 0 Å². The van der Waals surface area contributed by atoms with Crippen molar-refractivity contribution in [2.24, 2.45) is 7.05 Å². The summed E-state index contributed by atoms with van der Waals surface area (Å²) in [6.45, 7) is 4.54. The van der Waals surface area contributed by atoms with Gasteiger partial charge in [-0.2, -0.15) is 0 Å². The average Bonchev–Trinajstić information content (AvgIpc) is 2.70. The smallest absolute Gasteiger partial charge is 0.168 e. The van der Waals surface area contributed by atoms with Crippen LogP contribution in [0.4, 0.5) is 5.69 Å². The Kier molecular flexibility index (Phi) is 3.64. The van der Waals surface area contributed by atoms with Gasteiger partial charge in [-0.3, -0.25) is 0 Å². The van der Waals surface area contributed by atoms with Crippen LogP contribution in [0.1, 0.15) is 25.0 Å². The molecule has 1 aromatic carbocycles. The highest BCUT2D eigenvalue weighted by atomic mass is 15.2. The number of pyridine rings is 1. The number of benzene rings is 1. The van der Waals surface area contributed by atoms with E-state index >= 15 is 0 Å². The fraction of sp³-hybridized carbons (Fsp3) is 0.300. The third-order valence-electron chi connectivity index (χ3n) is 4.49. The predicted molar refractivity (Wildman–Crippen MR) is 90.8 cm³/mol. The maximum Gasteiger partial charge on any atom is 0.168 e. The molecule has 0 spiro atoms. The first kappa shape index (κ1) is 14.6. The highest BCUT2D eigenvalue weighted by Crippen LogP contribution is 2.45. The first-order valence-electron chi connectivity index (χ1n) is 7.73. The summed E-state index contributed by atoms with van der Waals surface area (Å²) in [5, 5.41) is 0. The van der Waals surface area contributed by atoms with Gasteiger partial charge in [0.25, 0.3) is 0 Å². The molecule has 22 heavy (non-hydrogen) atoms. The van der Waals surface area contributed by atoms with Gasteiger partial charge in [0.05, 0.1) is 5.70 Å². The van der Waals surface area contributed by atoms with Crippen LogP contribution in [0, 0.1) is 0 Å². The first-order chi connectivity index (χ1) is 10.5. The normalized spacial score (nSPS) is 15.5. The molecule has 1 aliphatic rings. The van der Waals surface area contributed by atoms with Gasteiger partial charge in [0, 0.05) is 30.3 Å². The molecule has 0 saturated carbocycles. The van der Waals surface area contributed by atoms with E-state index in [2.05, 4.69) is 91.0 Å². The maximum absolute atomic E-state index is 3.54. The molecule has 0 atom stereocenters. The SMILES string of the molecule is CN1C(=C=CCc2cc[n+](C)cc2)C(C)(C)c2ccccc21. The molecule has 0 saturated heterocycles. The van der Waals surface area contributed by atoms with Crippen LogP contribution in [0.5, 0.6) is 0 Å². The average molecular weight is 291 g/mol. The van der Waals surface area contributed by atoms with Gasteiger partial charge in [-0.25, -0.2) is 4.57 Å². The van der Waals surface area contributed by atoms with Gasteiger partial charge in [-0.05, 0) is 43.5 Å². The lowest BCUT2D eigenvalue weighted by atomic mass is 9.84. The van der Waals surface area contributed by atoms with E-state index in [0.29, 0.717) is 0 Å². The van der Waals surface area contributed by atoms with Gasteiger partial charge >= 0.3 is 0 Å². The number of nitrogens with zero attached hydrogens (tertiary/aromatic N) is 2. The summed E-state index contributed by atoms with van der Waals surface area (Å²) in [6.07, 6.45) is 7.22. The zero-order valence-electron chi connectivity index (χ0n) is 13.8. The number of fused-ring (bicyclic) bond motifs is 1. The number of rotatable bonds is 2. The highest BCUT2D eigenvalue weighted by molar-refractivity contribution is 5.69. The Morgan fingerprint density at radius 2 is 1.82 bits per heavy atom. The van der Waals surface area contributed by atoms with Crippen LogP contribution < -0.4 is 9.47 Å². The first-order valence-corrected chi connectivity index (χ1v) is 7.73. The Bertz CT molecular complexity index is 748. The van der Waals surface area contributed by atoms with Gasteiger partial charge in [0.1, 0.15) is 7.05 Å². The number of aromatic nitrogens is 1. The van der Waals surface area contributed by atoms with Crippen LogP contribution in [0.15, 0.2) is 66.3 Å². The quantitative estimate of drug-likeness (QED) is 0.606. The van der Waals surface area contributed by atoms with Crippen LogP contribution in [-0.4, -0.2) is 7.05 Å². The fourth-order valence-corrected chi connectivity index (χ4v) is 3.17. The zero-order chi connectivity index (χ0) is 15.7. The molecule has 0 aliphatic carbocycles. The standard InChI is InChI=1S/C20H23N2/c1-20(2)17-9-5-6-10-18(17)22(4)19(20)11-7-8-16-12-14-21(3)15-13-16/h5-7,9-10,12-15H,8H2,1-4H3/q+1. The molecular weight excluding hydrogens is 268 g/mol.